The number of anilines is 2. The highest BCUT2D eigenvalue weighted by Crippen LogP contribution is 2.38. The van der Waals surface area contributed by atoms with Gasteiger partial charge in [-0.25, -0.2) is 12.8 Å². The van der Waals surface area contributed by atoms with Gasteiger partial charge < -0.3 is 10.1 Å². The fourth-order valence-electron chi connectivity index (χ4n) is 2.89. The first-order chi connectivity index (χ1) is 13.8. The van der Waals surface area contributed by atoms with Crippen LogP contribution in [0.15, 0.2) is 60.7 Å². The van der Waals surface area contributed by atoms with E-state index >= 15 is 0 Å². The van der Waals surface area contributed by atoms with Crippen molar-refractivity contribution in [3.63, 3.8) is 0 Å². The molecule has 4 rings (SSSR count). The highest BCUT2D eigenvalue weighted by molar-refractivity contribution is 7.91. The predicted octanol–water partition coefficient (Wildman–Crippen LogP) is 4.78. The molecule has 2 N–H and O–H groups in total. The van der Waals surface area contributed by atoms with Crippen LogP contribution >= 0.6 is 11.6 Å². The maximum atomic E-state index is 13.8. The summed E-state index contributed by atoms with van der Waals surface area (Å²) in [5, 5.41) is 3.11. The second-order valence-corrected chi connectivity index (χ2v) is 8.52. The zero-order chi connectivity index (χ0) is 20.6. The van der Waals surface area contributed by atoms with E-state index in [1.165, 1.54) is 36.4 Å². The van der Waals surface area contributed by atoms with E-state index in [1.807, 2.05) is 0 Å². The molecule has 0 radical (unpaired) electrons. The van der Waals surface area contributed by atoms with Crippen LogP contribution in [0.5, 0.6) is 11.5 Å². The van der Waals surface area contributed by atoms with Crippen molar-refractivity contribution in [2.75, 3.05) is 10.0 Å². The average molecular weight is 433 g/mol. The van der Waals surface area contributed by atoms with Crippen molar-refractivity contribution >= 4 is 38.9 Å². The van der Waals surface area contributed by atoms with Crippen LogP contribution in [0.25, 0.3) is 0 Å². The highest BCUT2D eigenvalue weighted by atomic mass is 35.5. The molecule has 0 unspecified atom stereocenters. The van der Waals surface area contributed by atoms with Crippen LogP contribution in [-0.4, -0.2) is 14.3 Å². The number of carbonyl (C=O) groups excluding carboxylic acids is 1. The van der Waals surface area contributed by atoms with Crippen molar-refractivity contribution in [1.29, 1.82) is 0 Å². The second-order valence-electron chi connectivity index (χ2n) is 6.36. The lowest BCUT2D eigenvalue weighted by Gasteiger charge is -2.11. The number of halogens is 2. The number of sulfonamides is 1. The molecule has 9 heteroatoms. The smallest absolute Gasteiger partial charge is 0.259 e. The van der Waals surface area contributed by atoms with Gasteiger partial charge in [-0.3, -0.25) is 9.52 Å². The molecule has 0 aromatic heterocycles. The van der Waals surface area contributed by atoms with Crippen LogP contribution in [0.4, 0.5) is 15.8 Å². The number of hydrogen-bond acceptors (Lipinski definition) is 4. The molecule has 0 spiro atoms. The van der Waals surface area contributed by atoms with Gasteiger partial charge in [0.15, 0.2) is 5.75 Å². The van der Waals surface area contributed by atoms with Crippen LogP contribution in [0.2, 0.25) is 5.02 Å². The molecule has 29 heavy (non-hydrogen) atoms. The van der Waals surface area contributed by atoms with E-state index in [-0.39, 0.29) is 22.6 Å². The van der Waals surface area contributed by atoms with Gasteiger partial charge in [-0.05, 0) is 42.5 Å². The molecule has 6 nitrogen and oxygen atoms in total. The van der Waals surface area contributed by atoms with E-state index in [0.717, 1.165) is 0 Å². The van der Waals surface area contributed by atoms with E-state index in [4.69, 9.17) is 16.3 Å². The molecule has 1 aliphatic rings. The molecule has 1 amide bonds. The van der Waals surface area contributed by atoms with E-state index in [9.17, 15) is 17.6 Å². The van der Waals surface area contributed by atoms with Gasteiger partial charge in [-0.2, -0.15) is 0 Å². The van der Waals surface area contributed by atoms with Gasteiger partial charge in [0.05, 0.1) is 17.0 Å². The summed E-state index contributed by atoms with van der Waals surface area (Å²) in [5.74, 6) is -0.946. The van der Waals surface area contributed by atoms with Crippen LogP contribution in [0, 0.1) is 5.82 Å². The Hall–Kier alpha value is -3.10. The summed E-state index contributed by atoms with van der Waals surface area (Å²) < 4.78 is 46.7. The number of carbonyl (C=O) groups is 1. The van der Waals surface area contributed by atoms with Crippen molar-refractivity contribution in [2.24, 2.45) is 0 Å². The van der Waals surface area contributed by atoms with Gasteiger partial charge >= 0.3 is 0 Å². The Morgan fingerprint density at radius 1 is 1.03 bits per heavy atom. The van der Waals surface area contributed by atoms with Gasteiger partial charge in [-0.1, -0.05) is 29.8 Å². The molecule has 0 atom stereocenters. The third-order valence-electron chi connectivity index (χ3n) is 4.21. The number of hydrogen-bond donors (Lipinski definition) is 2. The molecule has 148 valence electrons. The lowest BCUT2D eigenvalue weighted by molar-refractivity contribution is 0.102. The standard InChI is InChI=1S/C20H14ClFN2O4S/c21-13-5-7-19-17(9-13)23-20(25)15-10-14(6-8-18(15)28-19)24-29(26,27)11-12-3-1-2-4-16(12)22/h1-10,24H,11H2,(H,23,25). The number of amides is 1. The van der Waals surface area contributed by atoms with Gasteiger partial charge in [-0.15, -0.1) is 0 Å². The maximum Gasteiger partial charge on any atom is 0.259 e. The Morgan fingerprint density at radius 3 is 2.59 bits per heavy atom. The Bertz CT molecular complexity index is 1230. The van der Waals surface area contributed by atoms with Crippen LogP contribution in [-0.2, 0) is 15.8 Å². The van der Waals surface area contributed by atoms with Crippen LogP contribution < -0.4 is 14.8 Å². The minimum atomic E-state index is -3.90. The summed E-state index contributed by atoms with van der Waals surface area (Å²) in [4.78, 5) is 12.6. The molecule has 1 aliphatic heterocycles. The van der Waals surface area contributed by atoms with Crippen molar-refractivity contribution in [2.45, 2.75) is 5.75 Å². The molecule has 0 saturated carbocycles. The van der Waals surface area contributed by atoms with Crippen molar-refractivity contribution in [1.82, 2.24) is 0 Å². The van der Waals surface area contributed by atoms with Gasteiger partial charge in [0.1, 0.15) is 11.6 Å². The molecular weight excluding hydrogens is 419 g/mol. The Morgan fingerprint density at radius 2 is 1.79 bits per heavy atom. The summed E-state index contributed by atoms with van der Waals surface area (Å²) in [6, 6.07) is 14.7. The largest absolute Gasteiger partial charge is 0.454 e. The first-order valence-corrected chi connectivity index (χ1v) is 10.5. The first-order valence-electron chi connectivity index (χ1n) is 8.47. The minimum absolute atomic E-state index is 0.0446. The quantitative estimate of drug-likeness (QED) is 0.621. The normalized spacial score (nSPS) is 12.8. The molecule has 3 aromatic carbocycles. The third-order valence-corrected chi connectivity index (χ3v) is 5.68. The lowest BCUT2D eigenvalue weighted by atomic mass is 10.1. The zero-order valence-corrected chi connectivity index (χ0v) is 16.4. The molecule has 0 saturated heterocycles. The molecule has 3 aromatic rings. The molecule has 1 heterocycles. The molecule has 0 bridgehead atoms. The van der Waals surface area contributed by atoms with E-state index < -0.39 is 27.5 Å². The van der Waals surface area contributed by atoms with E-state index in [2.05, 4.69) is 10.0 Å². The van der Waals surface area contributed by atoms with Gasteiger partial charge in [0.2, 0.25) is 10.0 Å². The summed E-state index contributed by atoms with van der Waals surface area (Å²) in [6.45, 7) is 0. The number of rotatable bonds is 4. The third kappa shape index (κ3) is 4.18. The fraction of sp³-hybridized carbons (Fsp3) is 0.0500. The molecular formula is C20H14ClFN2O4S. The van der Waals surface area contributed by atoms with E-state index in [1.54, 1.807) is 24.3 Å². The van der Waals surface area contributed by atoms with E-state index in [0.29, 0.717) is 16.5 Å². The summed E-state index contributed by atoms with van der Waals surface area (Å²) in [6.07, 6.45) is 0. The van der Waals surface area contributed by atoms with Crippen LogP contribution in [0.3, 0.4) is 0 Å². The Labute approximate surface area is 171 Å². The average Bonchev–Trinajstić information content (AvgIpc) is 2.79. The van der Waals surface area contributed by atoms with Gasteiger partial charge in [0, 0.05) is 16.3 Å². The number of fused-ring (bicyclic) bond motifs is 2. The van der Waals surface area contributed by atoms with Crippen molar-refractivity contribution in [3.05, 3.63) is 82.6 Å². The minimum Gasteiger partial charge on any atom is -0.454 e. The topological polar surface area (TPSA) is 84.5 Å². The molecule has 0 aliphatic carbocycles. The van der Waals surface area contributed by atoms with Gasteiger partial charge in [0.25, 0.3) is 5.91 Å². The Kier molecular flexibility index (Phi) is 4.89. The summed E-state index contributed by atoms with van der Waals surface area (Å²) in [5.41, 5.74) is 0.745. The predicted molar refractivity (Wildman–Crippen MR) is 109 cm³/mol. The monoisotopic (exact) mass is 432 g/mol. The Balaban J connectivity index is 1.60. The zero-order valence-electron chi connectivity index (χ0n) is 14.8. The number of nitrogens with one attached hydrogen (secondary N) is 2. The highest BCUT2D eigenvalue weighted by Gasteiger charge is 2.23. The molecule has 0 fully saturated rings. The van der Waals surface area contributed by atoms with Crippen molar-refractivity contribution < 1.29 is 22.3 Å². The fourth-order valence-corrected chi connectivity index (χ4v) is 4.27. The summed E-state index contributed by atoms with van der Waals surface area (Å²) in [7, 11) is -3.90. The number of ether oxygens (including phenoxy) is 1. The lowest BCUT2D eigenvalue weighted by Crippen LogP contribution is -2.17. The first kappa shape index (κ1) is 19.2. The SMILES string of the molecule is O=C1Nc2cc(Cl)ccc2Oc2ccc(NS(=O)(=O)Cc3ccccc3F)cc21. The second kappa shape index (κ2) is 7.38. The summed E-state index contributed by atoms with van der Waals surface area (Å²) >= 11 is 5.95. The van der Waals surface area contributed by atoms with Crippen molar-refractivity contribution in [3.8, 4) is 11.5 Å². The van der Waals surface area contributed by atoms with Crippen LogP contribution in [0.1, 0.15) is 15.9 Å². The number of benzene rings is 3. The maximum absolute atomic E-state index is 13.8.